The Labute approximate surface area is 311 Å². The molecule has 8 saturated heterocycles. The third kappa shape index (κ3) is 13.0. The molecular formula is C18H25F3O23S8. The molecule has 8 heterocycles. The van der Waals surface area contributed by atoms with Gasteiger partial charge in [-0.05, 0) is 6.42 Å². The molecule has 0 aliphatic carbocycles. The molecule has 19 unspecified atom stereocenters. The maximum atomic E-state index is 12.8. The Morgan fingerprint density at radius 1 is 0.404 bits per heavy atom. The van der Waals surface area contributed by atoms with Gasteiger partial charge in [-0.15, -0.1) is 0 Å². The third-order valence-electron chi connectivity index (χ3n) is 6.49. The van der Waals surface area contributed by atoms with Crippen molar-refractivity contribution in [3.05, 3.63) is 0 Å². The predicted octanol–water partition coefficient (Wildman–Crippen LogP) is -2.37. The van der Waals surface area contributed by atoms with E-state index >= 15 is 0 Å². The quantitative estimate of drug-likeness (QED) is 0.279. The molecule has 34 heteroatoms. The zero-order chi connectivity index (χ0) is 37.5. The van der Waals surface area contributed by atoms with E-state index in [0.717, 1.165) is 6.42 Å². The Hall–Kier alpha value is 0.390. The zero-order valence-electron chi connectivity index (χ0n) is 25.1. The lowest BCUT2D eigenvalue weighted by Gasteiger charge is -2.13. The summed E-state index contributed by atoms with van der Waals surface area (Å²) in [5.74, 6) is 0.585. The van der Waals surface area contributed by atoms with Crippen LogP contribution in [0.3, 0.4) is 0 Å². The van der Waals surface area contributed by atoms with E-state index in [2.05, 4.69) is 41.8 Å². The van der Waals surface area contributed by atoms with Gasteiger partial charge in [0, 0.05) is 6.42 Å². The maximum Gasteiger partial charge on any atom is 0.308 e. The molecule has 23 nitrogen and oxygen atoms in total. The van der Waals surface area contributed by atoms with E-state index in [-0.39, 0.29) is 32.0 Å². The van der Waals surface area contributed by atoms with Gasteiger partial charge in [0.1, 0.15) is 24.4 Å². The van der Waals surface area contributed by atoms with Gasteiger partial charge in [0.05, 0.1) is 38.3 Å². The van der Waals surface area contributed by atoms with Crippen molar-refractivity contribution in [1.29, 1.82) is 0 Å². The first-order valence-electron chi connectivity index (χ1n) is 13.9. The summed E-state index contributed by atoms with van der Waals surface area (Å²) in [5.41, 5.74) is 0. The lowest BCUT2D eigenvalue weighted by molar-refractivity contribution is -0.0655. The van der Waals surface area contributed by atoms with Gasteiger partial charge >= 0.3 is 79.5 Å². The van der Waals surface area contributed by atoms with Gasteiger partial charge < -0.3 is 0 Å². The number of rotatable bonds is 5. The van der Waals surface area contributed by atoms with Crippen molar-refractivity contribution in [2.75, 3.05) is 32.2 Å². The second kappa shape index (κ2) is 20.7. The molecule has 0 spiro atoms. The Bertz CT molecular complexity index is 1360. The molecule has 8 rings (SSSR count). The predicted molar refractivity (Wildman–Crippen MR) is 160 cm³/mol. The minimum atomic E-state index is -2.28. The highest BCUT2D eigenvalue weighted by Gasteiger charge is 2.51. The summed E-state index contributed by atoms with van der Waals surface area (Å²) in [6.45, 7) is 0.618. The molecule has 8 aliphatic rings. The van der Waals surface area contributed by atoms with E-state index in [9.17, 15) is 46.8 Å². The van der Waals surface area contributed by atoms with Gasteiger partial charge in [0.15, 0.2) is 29.4 Å². The first-order chi connectivity index (χ1) is 24.7. The summed E-state index contributed by atoms with van der Waals surface area (Å²) in [7, 11) is 0. The van der Waals surface area contributed by atoms with E-state index in [4.69, 9.17) is 20.9 Å². The highest BCUT2D eigenvalue weighted by molar-refractivity contribution is 7.80. The van der Waals surface area contributed by atoms with Crippen LogP contribution >= 0.6 is 0 Å². The van der Waals surface area contributed by atoms with Crippen LogP contribution in [0.2, 0.25) is 0 Å². The Morgan fingerprint density at radius 3 is 1.13 bits per heavy atom. The molecule has 304 valence electrons. The van der Waals surface area contributed by atoms with Crippen molar-refractivity contribution >= 4 is 90.6 Å². The second-order valence-electron chi connectivity index (χ2n) is 9.96. The summed E-state index contributed by atoms with van der Waals surface area (Å²) in [4.78, 5) is 0. The third-order valence-corrected chi connectivity index (χ3v) is 12.7. The Balaban J connectivity index is 0.000000134. The lowest BCUT2D eigenvalue weighted by Crippen LogP contribution is -2.37. The van der Waals surface area contributed by atoms with Gasteiger partial charge in [-0.2, -0.15) is 29.5 Å². The fourth-order valence-electron chi connectivity index (χ4n) is 4.16. The molecule has 0 aromatic carbocycles. The normalized spacial score (nSPS) is 49.9. The topological polar surface area (TPSA) is 275 Å². The van der Waals surface area contributed by atoms with Crippen LogP contribution < -0.4 is 0 Å². The highest BCUT2D eigenvalue weighted by Crippen LogP contribution is 2.31. The van der Waals surface area contributed by atoms with Crippen molar-refractivity contribution < 1.29 is 110 Å². The summed E-state index contributed by atoms with van der Waals surface area (Å²) in [6, 6.07) is 0. The molecular weight excluding hydrogens is 898 g/mol. The number of alkyl halides is 3. The molecule has 8 aliphatic heterocycles. The van der Waals surface area contributed by atoms with Crippen LogP contribution in [0.1, 0.15) is 12.8 Å². The standard InChI is InChI=1S/C6H10O5S2.C4H4F2O6S2.C4H5FO6S2.C4H6O6S2/c7-12-2-1-5(10-12)3-6-4-9-13(8)11-6;5-3-1(9-13(7)11-3)2-4(6)12-14(8)10-2;5-4-3(10-13(7)11-4)2-1-8-12(6)9-2;5-11-7-1-3(9-11)4-2-8-12(6)10-4/h5-6H,1-4H2;1-4H;2-4H,1H2;3-4H,1-2H2. The largest absolute Gasteiger partial charge is 0.308 e. The summed E-state index contributed by atoms with van der Waals surface area (Å²) in [6.07, 6.45) is -10.8. The first-order valence-corrected chi connectivity index (χ1v) is 22.1. The van der Waals surface area contributed by atoms with Gasteiger partial charge in [0.25, 0.3) is 0 Å². The highest BCUT2D eigenvalue weighted by atomic mass is 32.2. The molecule has 0 saturated carbocycles. The van der Waals surface area contributed by atoms with Crippen LogP contribution in [0.15, 0.2) is 0 Å². The van der Waals surface area contributed by atoms with Crippen molar-refractivity contribution in [2.45, 2.75) is 80.7 Å². The second-order valence-corrected chi connectivity index (χ2v) is 16.9. The van der Waals surface area contributed by atoms with Crippen molar-refractivity contribution in [3.8, 4) is 0 Å². The van der Waals surface area contributed by atoms with E-state index in [0.29, 0.717) is 18.8 Å². The van der Waals surface area contributed by atoms with Crippen LogP contribution in [0.5, 0.6) is 0 Å². The Kier molecular flexibility index (Phi) is 17.3. The summed E-state index contributed by atoms with van der Waals surface area (Å²) in [5, 5.41) is 0. The fraction of sp³-hybridized carbons (Fsp3) is 1.00. The SMILES string of the molecule is O=S1CCC(CC2COS(=O)O2)O1.O=S1OC(F)C(C2OS(=O)OC2F)O1.O=S1OCC(C2COS(=O)O2)O1.O=S1OCC(C2OS(=O)OC2F)O1. The molecule has 0 aromatic heterocycles. The number of hydrogen-bond donors (Lipinski definition) is 0. The molecule has 0 bridgehead atoms. The first kappa shape index (κ1) is 43.5. The summed E-state index contributed by atoms with van der Waals surface area (Å²) >= 11 is -14.7. The lowest BCUT2D eigenvalue weighted by atomic mass is 10.1. The van der Waals surface area contributed by atoms with Crippen LogP contribution in [0.4, 0.5) is 13.2 Å². The van der Waals surface area contributed by atoms with Crippen molar-refractivity contribution in [1.82, 2.24) is 0 Å². The van der Waals surface area contributed by atoms with Crippen molar-refractivity contribution in [3.63, 3.8) is 0 Å². The van der Waals surface area contributed by atoms with Crippen molar-refractivity contribution in [2.24, 2.45) is 0 Å². The van der Waals surface area contributed by atoms with Gasteiger partial charge in [-0.1, -0.05) is 0 Å². The molecule has 19 atom stereocenters. The van der Waals surface area contributed by atoms with Gasteiger partial charge in [-0.25, -0.2) is 29.9 Å². The fourth-order valence-corrected chi connectivity index (χ4v) is 9.96. The average molecular weight is 923 g/mol. The smallest absolute Gasteiger partial charge is 0.287 e. The number of hydrogen-bond acceptors (Lipinski definition) is 23. The zero-order valence-corrected chi connectivity index (χ0v) is 31.6. The van der Waals surface area contributed by atoms with Crippen LogP contribution in [-0.2, 0) is 153 Å². The molecule has 0 N–H and O–H groups in total. The number of halogens is 3. The molecule has 0 aromatic rings. The monoisotopic (exact) mass is 922 g/mol. The van der Waals surface area contributed by atoms with Crippen LogP contribution in [0, 0.1) is 0 Å². The van der Waals surface area contributed by atoms with Crippen LogP contribution in [0.25, 0.3) is 0 Å². The van der Waals surface area contributed by atoms with Crippen LogP contribution in [-0.4, -0.2) is 134 Å². The van der Waals surface area contributed by atoms with E-state index in [1.54, 1.807) is 0 Å². The maximum absolute atomic E-state index is 12.8. The Morgan fingerprint density at radius 2 is 0.808 bits per heavy atom. The average Bonchev–Trinajstić information content (AvgIpc) is 3.93. The summed E-state index contributed by atoms with van der Waals surface area (Å²) < 4.78 is 192. The molecule has 8 fully saturated rings. The van der Waals surface area contributed by atoms with E-state index in [1.807, 2.05) is 0 Å². The van der Waals surface area contributed by atoms with Gasteiger partial charge in [0.2, 0.25) is 19.1 Å². The molecule has 0 radical (unpaired) electrons. The van der Waals surface area contributed by atoms with Gasteiger partial charge in [-0.3, -0.25) is 50.2 Å². The minimum Gasteiger partial charge on any atom is -0.287 e. The minimum absolute atomic E-state index is 0.0375. The molecule has 52 heavy (non-hydrogen) atoms. The van der Waals surface area contributed by atoms with E-state index in [1.165, 1.54) is 0 Å². The van der Waals surface area contributed by atoms with E-state index < -0.39 is 146 Å². The molecule has 0 amide bonds.